The average molecular weight is 349 g/mol. The lowest BCUT2D eigenvalue weighted by Gasteiger charge is -2.23. The van der Waals surface area contributed by atoms with Crippen LogP contribution < -0.4 is 10.2 Å². The summed E-state index contributed by atoms with van der Waals surface area (Å²) in [7, 11) is 0. The number of alkyl halides is 3. The number of hydrogen-bond acceptors (Lipinski definition) is 2. The van der Waals surface area contributed by atoms with Crippen LogP contribution in [-0.4, -0.2) is 24.9 Å². The highest BCUT2D eigenvalue weighted by atomic mass is 35.5. The van der Waals surface area contributed by atoms with Gasteiger partial charge in [-0.15, -0.1) is 0 Å². The van der Waals surface area contributed by atoms with Gasteiger partial charge in [-0.2, -0.15) is 13.2 Å². The molecule has 8 heteroatoms. The lowest BCUT2D eigenvalue weighted by molar-refractivity contribution is -0.137. The van der Waals surface area contributed by atoms with Gasteiger partial charge in [-0.05, 0) is 31.0 Å². The third-order valence-electron chi connectivity index (χ3n) is 3.53. The van der Waals surface area contributed by atoms with Crippen LogP contribution in [-0.2, 0) is 15.8 Å². The molecule has 2 rings (SSSR count). The fourth-order valence-electron chi connectivity index (χ4n) is 2.12. The van der Waals surface area contributed by atoms with E-state index in [1.807, 2.05) is 0 Å². The van der Waals surface area contributed by atoms with Crippen LogP contribution in [0.2, 0.25) is 5.02 Å². The Bertz CT molecular complexity index is 615. The Morgan fingerprint density at radius 3 is 2.52 bits per heavy atom. The lowest BCUT2D eigenvalue weighted by Crippen LogP contribution is -2.38. The van der Waals surface area contributed by atoms with E-state index in [2.05, 4.69) is 5.32 Å². The zero-order chi connectivity index (χ0) is 17.2. The number of carbonyl (C=O) groups is 2. The smallest absolute Gasteiger partial charge is 0.354 e. The number of carbonyl (C=O) groups excluding carboxylic acids is 2. The third kappa shape index (κ3) is 4.60. The maximum Gasteiger partial charge on any atom is 0.416 e. The van der Waals surface area contributed by atoms with E-state index in [1.54, 1.807) is 0 Å². The van der Waals surface area contributed by atoms with Crippen molar-refractivity contribution in [1.29, 1.82) is 0 Å². The van der Waals surface area contributed by atoms with Crippen molar-refractivity contribution in [3.05, 3.63) is 28.8 Å². The number of benzene rings is 1. The molecule has 1 aliphatic carbocycles. The Hall–Kier alpha value is -1.76. The fourth-order valence-corrected chi connectivity index (χ4v) is 2.34. The minimum absolute atomic E-state index is 0.0188. The van der Waals surface area contributed by atoms with Gasteiger partial charge in [0.2, 0.25) is 11.8 Å². The highest BCUT2D eigenvalue weighted by Crippen LogP contribution is 2.35. The maximum atomic E-state index is 12.8. The van der Waals surface area contributed by atoms with Crippen LogP contribution in [0.4, 0.5) is 18.9 Å². The van der Waals surface area contributed by atoms with E-state index in [0.29, 0.717) is 0 Å². The molecule has 0 unspecified atom stereocenters. The van der Waals surface area contributed by atoms with Crippen LogP contribution >= 0.6 is 11.6 Å². The molecule has 0 radical (unpaired) electrons. The standard InChI is InChI=1S/C15H16ClF3N2O2/c1-9(22)21(7-6-20-14(23)10-2-3-10)13-8-11(15(17,18)19)4-5-12(13)16/h4-5,8,10H,2-3,6-7H2,1H3,(H,20,23). The lowest BCUT2D eigenvalue weighted by atomic mass is 10.1. The van der Waals surface area contributed by atoms with Gasteiger partial charge in [0.05, 0.1) is 16.3 Å². The zero-order valence-electron chi connectivity index (χ0n) is 12.4. The molecule has 1 N–H and O–H groups in total. The molecule has 0 aromatic heterocycles. The fraction of sp³-hybridized carbons (Fsp3) is 0.467. The van der Waals surface area contributed by atoms with Crippen molar-refractivity contribution in [1.82, 2.24) is 5.32 Å². The molecule has 1 saturated carbocycles. The van der Waals surface area contributed by atoms with E-state index >= 15 is 0 Å². The molecule has 0 saturated heterocycles. The predicted octanol–water partition coefficient (Wildman–Crippen LogP) is 3.24. The van der Waals surface area contributed by atoms with Gasteiger partial charge in [0.25, 0.3) is 0 Å². The molecular formula is C15H16ClF3N2O2. The van der Waals surface area contributed by atoms with E-state index in [0.717, 1.165) is 35.9 Å². The first-order valence-electron chi connectivity index (χ1n) is 7.12. The molecule has 23 heavy (non-hydrogen) atoms. The van der Waals surface area contributed by atoms with E-state index in [1.165, 1.54) is 6.92 Å². The van der Waals surface area contributed by atoms with E-state index < -0.39 is 17.6 Å². The Kier molecular flexibility index (Phi) is 5.19. The first-order chi connectivity index (χ1) is 10.7. The monoisotopic (exact) mass is 348 g/mol. The van der Waals surface area contributed by atoms with Crippen LogP contribution in [0.3, 0.4) is 0 Å². The second-order valence-electron chi connectivity index (χ2n) is 5.40. The SMILES string of the molecule is CC(=O)N(CCNC(=O)C1CC1)c1cc(C(F)(F)F)ccc1Cl. The van der Waals surface area contributed by atoms with Gasteiger partial charge in [0.1, 0.15) is 0 Å². The van der Waals surface area contributed by atoms with Crippen molar-refractivity contribution in [3.8, 4) is 0 Å². The van der Waals surface area contributed by atoms with Crippen LogP contribution in [0.1, 0.15) is 25.3 Å². The third-order valence-corrected chi connectivity index (χ3v) is 3.85. The predicted molar refractivity (Wildman–Crippen MR) is 80.2 cm³/mol. The van der Waals surface area contributed by atoms with E-state index in [9.17, 15) is 22.8 Å². The van der Waals surface area contributed by atoms with Crippen molar-refractivity contribution in [2.75, 3.05) is 18.0 Å². The summed E-state index contributed by atoms with van der Waals surface area (Å²) in [5.74, 6) is -0.520. The van der Waals surface area contributed by atoms with Gasteiger partial charge < -0.3 is 10.2 Å². The van der Waals surface area contributed by atoms with Gasteiger partial charge in [-0.3, -0.25) is 9.59 Å². The van der Waals surface area contributed by atoms with Crippen LogP contribution in [0, 0.1) is 5.92 Å². The second-order valence-corrected chi connectivity index (χ2v) is 5.81. The number of halogens is 4. The summed E-state index contributed by atoms with van der Waals surface area (Å²) in [5.41, 5.74) is -0.903. The Labute approximate surface area is 136 Å². The molecule has 0 heterocycles. The average Bonchev–Trinajstić information content (AvgIpc) is 3.27. The molecule has 0 bridgehead atoms. The number of nitrogens with zero attached hydrogens (tertiary/aromatic N) is 1. The first kappa shape index (κ1) is 17.6. The van der Waals surface area contributed by atoms with Crippen molar-refractivity contribution in [2.24, 2.45) is 5.92 Å². The van der Waals surface area contributed by atoms with E-state index in [4.69, 9.17) is 11.6 Å². The molecule has 126 valence electrons. The molecule has 1 aliphatic rings. The molecule has 4 nitrogen and oxygen atoms in total. The van der Waals surface area contributed by atoms with Gasteiger partial charge in [0.15, 0.2) is 0 Å². The van der Waals surface area contributed by atoms with Crippen LogP contribution in [0.15, 0.2) is 18.2 Å². The molecule has 2 amide bonds. The summed E-state index contributed by atoms with van der Waals surface area (Å²) < 4.78 is 38.4. The molecule has 1 aromatic carbocycles. The summed E-state index contributed by atoms with van der Waals surface area (Å²) in [6.07, 6.45) is -2.83. The van der Waals surface area contributed by atoms with Crippen molar-refractivity contribution < 1.29 is 22.8 Å². The van der Waals surface area contributed by atoms with Crippen LogP contribution in [0.5, 0.6) is 0 Å². The summed E-state index contributed by atoms with van der Waals surface area (Å²) in [5, 5.41) is 2.71. The number of hydrogen-bond donors (Lipinski definition) is 1. The maximum absolute atomic E-state index is 12.8. The first-order valence-corrected chi connectivity index (χ1v) is 7.50. The minimum atomic E-state index is -4.53. The number of rotatable bonds is 5. The Morgan fingerprint density at radius 1 is 1.35 bits per heavy atom. The molecule has 0 atom stereocenters. The van der Waals surface area contributed by atoms with Crippen molar-refractivity contribution >= 4 is 29.1 Å². The normalized spacial score (nSPS) is 14.5. The molecule has 1 aromatic rings. The molecular weight excluding hydrogens is 333 g/mol. The Morgan fingerprint density at radius 2 is 2.00 bits per heavy atom. The summed E-state index contributed by atoms with van der Waals surface area (Å²) >= 11 is 5.94. The molecule has 0 aliphatic heterocycles. The van der Waals surface area contributed by atoms with Crippen LogP contribution in [0.25, 0.3) is 0 Å². The van der Waals surface area contributed by atoms with Crippen molar-refractivity contribution in [2.45, 2.75) is 25.9 Å². The summed E-state index contributed by atoms with van der Waals surface area (Å²) in [6.45, 7) is 1.44. The molecule has 1 fully saturated rings. The minimum Gasteiger partial charge on any atom is -0.354 e. The van der Waals surface area contributed by atoms with E-state index in [-0.39, 0.29) is 35.6 Å². The topological polar surface area (TPSA) is 49.4 Å². The van der Waals surface area contributed by atoms with Gasteiger partial charge >= 0.3 is 6.18 Å². The van der Waals surface area contributed by atoms with Gasteiger partial charge in [-0.1, -0.05) is 11.6 Å². The van der Waals surface area contributed by atoms with Gasteiger partial charge in [0, 0.05) is 25.9 Å². The summed E-state index contributed by atoms with van der Waals surface area (Å²) in [6, 6.07) is 2.81. The summed E-state index contributed by atoms with van der Waals surface area (Å²) in [4.78, 5) is 24.4. The quantitative estimate of drug-likeness (QED) is 0.888. The molecule has 0 spiro atoms. The number of nitrogens with one attached hydrogen (secondary N) is 1. The number of anilines is 1. The largest absolute Gasteiger partial charge is 0.416 e. The number of amides is 2. The highest BCUT2D eigenvalue weighted by Gasteiger charge is 2.32. The van der Waals surface area contributed by atoms with Gasteiger partial charge in [-0.25, -0.2) is 0 Å². The highest BCUT2D eigenvalue weighted by molar-refractivity contribution is 6.33. The van der Waals surface area contributed by atoms with Crippen molar-refractivity contribution in [3.63, 3.8) is 0 Å². The second kappa shape index (κ2) is 6.78. The Balaban J connectivity index is 2.13. The zero-order valence-corrected chi connectivity index (χ0v) is 13.2.